The van der Waals surface area contributed by atoms with Crippen LogP contribution < -0.4 is 5.32 Å². The highest BCUT2D eigenvalue weighted by atomic mass is 32.1. The first-order chi connectivity index (χ1) is 8.92. The van der Waals surface area contributed by atoms with E-state index >= 15 is 0 Å². The monoisotopic (exact) mass is 261 g/mol. The predicted molar refractivity (Wildman–Crippen MR) is 71.6 cm³/mol. The SMILES string of the molecule is c1cnc(NCc2ccc(C3CCCO3)s2)cn1. The third kappa shape index (κ3) is 2.68. The van der Waals surface area contributed by atoms with Crippen molar-refractivity contribution < 1.29 is 4.74 Å². The zero-order valence-corrected chi connectivity index (χ0v) is 10.8. The highest BCUT2D eigenvalue weighted by Gasteiger charge is 2.19. The molecule has 2 aromatic rings. The number of ether oxygens (including phenoxy) is 1. The first-order valence-electron chi connectivity index (χ1n) is 6.12. The molecule has 1 aliphatic rings. The molecule has 1 aliphatic heterocycles. The number of hydrogen-bond donors (Lipinski definition) is 1. The van der Waals surface area contributed by atoms with Crippen LogP contribution in [0, 0.1) is 0 Å². The van der Waals surface area contributed by atoms with Crippen molar-refractivity contribution in [3.8, 4) is 0 Å². The van der Waals surface area contributed by atoms with Crippen LogP contribution in [-0.4, -0.2) is 16.6 Å². The number of nitrogens with one attached hydrogen (secondary N) is 1. The fourth-order valence-corrected chi connectivity index (χ4v) is 3.07. The number of nitrogens with zero attached hydrogens (tertiary/aromatic N) is 2. The molecule has 0 aromatic carbocycles. The van der Waals surface area contributed by atoms with Crippen molar-refractivity contribution in [2.45, 2.75) is 25.5 Å². The van der Waals surface area contributed by atoms with Crippen molar-refractivity contribution in [1.29, 1.82) is 0 Å². The van der Waals surface area contributed by atoms with E-state index in [1.54, 1.807) is 18.6 Å². The summed E-state index contributed by atoms with van der Waals surface area (Å²) >= 11 is 1.81. The van der Waals surface area contributed by atoms with Gasteiger partial charge in [-0.15, -0.1) is 11.3 Å². The van der Waals surface area contributed by atoms with E-state index < -0.39 is 0 Å². The van der Waals surface area contributed by atoms with Gasteiger partial charge in [0.1, 0.15) is 5.82 Å². The second-order valence-electron chi connectivity index (χ2n) is 4.25. The summed E-state index contributed by atoms with van der Waals surface area (Å²) in [6, 6.07) is 4.33. The number of hydrogen-bond acceptors (Lipinski definition) is 5. The smallest absolute Gasteiger partial charge is 0.144 e. The molecule has 3 rings (SSSR count). The van der Waals surface area contributed by atoms with Crippen LogP contribution in [0.2, 0.25) is 0 Å². The third-order valence-electron chi connectivity index (χ3n) is 2.94. The van der Waals surface area contributed by atoms with Crippen LogP contribution in [0.1, 0.15) is 28.7 Å². The molecule has 1 unspecified atom stereocenters. The number of aromatic nitrogens is 2. The fraction of sp³-hybridized carbons (Fsp3) is 0.385. The molecule has 4 nitrogen and oxygen atoms in total. The molecular weight excluding hydrogens is 246 g/mol. The maximum Gasteiger partial charge on any atom is 0.144 e. The maximum atomic E-state index is 5.68. The van der Waals surface area contributed by atoms with Gasteiger partial charge in [0, 0.05) is 28.8 Å². The number of rotatable bonds is 4. The molecule has 1 N–H and O–H groups in total. The standard InChI is InChI=1S/C13H15N3OS/c1-2-11(17-7-1)12-4-3-10(18-12)8-16-13-9-14-5-6-15-13/h3-6,9,11H,1-2,7-8H2,(H,15,16). The first kappa shape index (κ1) is 11.6. The summed E-state index contributed by atoms with van der Waals surface area (Å²) in [6.07, 6.45) is 7.74. The molecule has 5 heteroatoms. The molecule has 0 amide bonds. The van der Waals surface area contributed by atoms with Gasteiger partial charge >= 0.3 is 0 Å². The Kier molecular flexibility index (Phi) is 3.52. The average molecular weight is 261 g/mol. The van der Waals surface area contributed by atoms with Crippen LogP contribution in [0.3, 0.4) is 0 Å². The van der Waals surface area contributed by atoms with Gasteiger partial charge in [-0.3, -0.25) is 4.98 Å². The lowest BCUT2D eigenvalue weighted by Gasteiger charge is -2.05. The van der Waals surface area contributed by atoms with Gasteiger partial charge < -0.3 is 10.1 Å². The van der Waals surface area contributed by atoms with Gasteiger partial charge in [0.25, 0.3) is 0 Å². The second-order valence-corrected chi connectivity index (χ2v) is 5.45. The fourth-order valence-electron chi connectivity index (χ4n) is 2.03. The van der Waals surface area contributed by atoms with Crippen molar-refractivity contribution in [3.05, 3.63) is 40.5 Å². The van der Waals surface area contributed by atoms with Crippen LogP contribution in [0.4, 0.5) is 5.82 Å². The Hall–Kier alpha value is -1.46. The minimum atomic E-state index is 0.320. The third-order valence-corrected chi connectivity index (χ3v) is 4.11. The van der Waals surface area contributed by atoms with E-state index in [9.17, 15) is 0 Å². The molecule has 0 bridgehead atoms. The molecule has 1 atom stereocenters. The Morgan fingerprint density at radius 2 is 2.39 bits per heavy atom. The van der Waals surface area contributed by atoms with E-state index in [0.717, 1.165) is 25.4 Å². The molecule has 0 radical (unpaired) electrons. The summed E-state index contributed by atoms with van der Waals surface area (Å²) in [6.45, 7) is 1.69. The van der Waals surface area contributed by atoms with E-state index in [2.05, 4.69) is 27.4 Å². The highest BCUT2D eigenvalue weighted by molar-refractivity contribution is 7.12. The van der Waals surface area contributed by atoms with Gasteiger partial charge in [-0.05, 0) is 25.0 Å². The lowest BCUT2D eigenvalue weighted by atomic mass is 10.2. The molecular formula is C13H15N3OS. The molecule has 18 heavy (non-hydrogen) atoms. The minimum Gasteiger partial charge on any atom is -0.373 e. The van der Waals surface area contributed by atoms with E-state index in [1.165, 1.54) is 16.2 Å². The Labute approximate surface area is 110 Å². The topological polar surface area (TPSA) is 47.0 Å². The van der Waals surface area contributed by atoms with E-state index in [4.69, 9.17) is 4.74 Å². The molecule has 0 spiro atoms. The van der Waals surface area contributed by atoms with Crippen molar-refractivity contribution >= 4 is 17.2 Å². The Morgan fingerprint density at radius 3 is 3.17 bits per heavy atom. The van der Waals surface area contributed by atoms with E-state index in [1.807, 2.05) is 11.3 Å². The zero-order chi connectivity index (χ0) is 12.2. The minimum absolute atomic E-state index is 0.320. The normalized spacial score (nSPS) is 19.0. The Balaban J connectivity index is 1.60. The summed E-state index contributed by atoms with van der Waals surface area (Å²) in [5, 5.41) is 3.26. The van der Waals surface area contributed by atoms with Crippen molar-refractivity contribution in [2.24, 2.45) is 0 Å². The molecule has 1 fully saturated rings. The molecule has 1 saturated heterocycles. The Morgan fingerprint density at radius 1 is 1.39 bits per heavy atom. The average Bonchev–Trinajstić information content (AvgIpc) is 3.08. The summed E-state index contributed by atoms with van der Waals surface area (Å²) < 4.78 is 5.68. The van der Waals surface area contributed by atoms with E-state index in [-0.39, 0.29) is 0 Å². The van der Waals surface area contributed by atoms with Gasteiger partial charge in [-0.25, -0.2) is 4.98 Å². The molecule has 94 valence electrons. The van der Waals surface area contributed by atoms with Crippen molar-refractivity contribution in [2.75, 3.05) is 11.9 Å². The van der Waals surface area contributed by atoms with Crippen LogP contribution in [0.5, 0.6) is 0 Å². The van der Waals surface area contributed by atoms with Gasteiger partial charge in [0.05, 0.1) is 18.8 Å². The molecule has 0 saturated carbocycles. The van der Waals surface area contributed by atoms with Crippen molar-refractivity contribution in [1.82, 2.24) is 9.97 Å². The first-order valence-corrected chi connectivity index (χ1v) is 6.93. The van der Waals surface area contributed by atoms with Gasteiger partial charge in [-0.2, -0.15) is 0 Å². The van der Waals surface area contributed by atoms with Crippen molar-refractivity contribution in [3.63, 3.8) is 0 Å². The lowest BCUT2D eigenvalue weighted by molar-refractivity contribution is 0.114. The van der Waals surface area contributed by atoms with E-state index in [0.29, 0.717) is 6.10 Å². The quantitative estimate of drug-likeness (QED) is 0.919. The largest absolute Gasteiger partial charge is 0.373 e. The summed E-state index contributed by atoms with van der Waals surface area (Å²) in [5.41, 5.74) is 0. The maximum absolute atomic E-state index is 5.68. The Bertz CT molecular complexity index is 494. The summed E-state index contributed by atoms with van der Waals surface area (Å²) in [5.74, 6) is 0.810. The highest BCUT2D eigenvalue weighted by Crippen LogP contribution is 2.33. The van der Waals surface area contributed by atoms with Crippen LogP contribution >= 0.6 is 11.3 Å². The summed E-state index contributed by atoms with van der Waals surface area (Å²) in [4.78, 5) is 10.8. The zero-order valence-electron chi connectivity index (χ0n) is 10.0. The van der Waals surface area contributed by atoms with Gasteiger partial charge in [-0.1, -0.05) is 0 Å². The summed E-state index contributed by atoms with van der Waals surface area (Å²) in [7, 11) is 0. The van der Waals surface area contributed by atoms with Crippen LogP contribution in [0.15, 0.2) is 30.7 Å². The lowest BCUT2D eigenvalue weighted by Crippen LogP contribution is -1.99. The second kappa shape index (κ2) is 5.46. The predicted octanol–water partition coefficient (Wildman–Crippen LogP) is 3.00. The molecule has 0 aliphatic carbocycles. The number of anilines is 1. The van der Waals surface area contributed by atoms with Crippen LogP contribution in [-0.2, 0) is 11.3 Å². The molecule has 2 aromatic heterocycles. The van der Waals surface area contributed by atoms with Crippen LogP contribution in [0.25, 0.3) is 0 Å². The van der Waals surface area contributed by atoms with Gasteiger partial charge in [0.2, 0.25) is 0 Å². The molecule has 3 heterocycles. The number of thiophene rings is 1. The van der Waals surface area contributed by atoms with Gasteiger partial charge in [0.15, 0.2) is 0 Å².